The Balaban J connectivity index is 1.62. The molecule has 1 heterocycles. The molecule has 1 N–H and O–H groups in total. The fourth-order valence-electron chi connectivity index (χ4n) is 2.61. The van der Waals surface area contributed by atoms with Gasteiger partial charge in [-0.1, -0.05) is 6.42 Å². The van der Waals surface area contributed by atoms with Crippen molar-refractivity contribution < 1.29 is 9.13 Å². The van der Waals surface area contributed by atoms with Crippen LogP contribution in [0.4, 0.5) is 10.1 Å². The third-order valence-electron chi connectivity index (χ3n) is 4.09. The van der Waals surface area contributed by atoms with Gasteiger partial charge in [0.15, 0.2) is 0 Å². The Kier molecular flexibility index (Phi) is 3.87. The van der Waals surface area contributed by atoms with Crippen molar-refractivity contribution in [1.82, 2.24) is 5.32 Å². The van der Waals surface area contributed by atoms with Crippen molar-refractivity contribution in [3.63, 3.8) is 0 Å². The maximum Gasteiger partial charge on any atom is 0.150 e. The molecule has 1 aliphatic heterocycles. The maximum atomic E-state index is 14.1. The second-order valence-corrected chi connectivity index (χ2v) is 5.46. The summed E-state index contributed by atoms with van der Waals surface area (Å²) in [5.74, 6) is 1.16. The van der Waals surface area contributed by atoms with Crippen molar-refractivity contribution in [3.05, 3.63) is 24.0 Å². The molecule has 1 aromatic carbocycles. The predicted molar refractivity (Wildman–Crippen MR) is 74.3 cm³/mol. The third kappa shape index (κ3) is 3.00. The van der Waals surface area contributed by atoms with Crippen LogP contribution in [0, 0.1) is 11.7 Å². The van der Waals surface area contributed by atoms with E-state index in [1.807, 2.05) is 12.1 Å². The number of rotatable bonds is 4. The van der Waals surface area contributed by atoms with Crippen LogP contribution in [0.15, 0.2) is 18.2 Å². The minimum atomic E-state index is -0.173. The van der Waals surface area contributed by atoms with Crippen LogP contribution in [-0.2, 0) is 0 Å². The first-order chi connectivity index (χ1) is 9.33. The van der Waals surface area contributed by atoms with Crippen molar-refractivity contribution in [2.75, 3.05) is 37.7 Å². The smallest absolute Gasteiger partial charge is 0.150 e. The molecule has 1 aliphatic carbocycles. The van der Waals surface area contributed by atoms with Crippen LogP contribution in [0.25, 0.3) is 0 Å². The summed E-state index contributed by atoms with van der Waals surface area (Å²) in [6, 6.07) is 5.26. The normalized spacial score (nSPS) is 20.2. The number of halogens is 1. The number of hydrogen-bond acceptors (Lipinski definition) is 3. The first-order valence-electron chi connectivity index (χ1n) is 7.21. The zero-order valence-electron chi connectivity index (χ0n) is 11.2. The lowest BCUT2D eigenvalue weighted by Crippen LogP contribution is -2.43. The van der Waals surface area contributed by atoms with Gasteiger partial charge in [-0.05, 0) is 30.9 Å². The van der Waals surface area contributed by atoms with Crippen molar-refractivity contribution in [2.24, 2.45) is 5.92 Å². The fourth-order valence-corrected chi connectivity index (χ4v) is 2.61. The molecule has 2 aliphatic rings. The lowest BCUT2D eigenvalue weighted by molar-refractivity contribution is 0.180. The Morgan fingerprint density at radius 2 is 2.05 bits per heavy atom. The Bertz CT molecular complexity index is 428. The molecule has 0 aromatic heterocycles. The van der Waals surface area contributed by atoms with E-state index in [9.17, 15) is 4.39 Å². The van der Waals surface area contributed by atoms with E-state index in [1.54, 1.807) is 0 Å². The minimum Gasteiger partial charge on any atom is -0.493 e. The van der Waals surface area contributed by atoms with Crippen LogP contribution in [0.2, 0.25) is 0 Å². The van der Waals surface area contributed by atoms with E-state index in [4.69, 9.17) is 4.74 Å². The monoisotopic (exact) mass is 264 g/mol. The molecule has 0 unspecified atom stereocenters. The van der Waals surface area contributed by atoms with Gasteiger partial charge in [-0.3, -0.25) is 0 Å². The van der Waals surface area contributed by atoms with E-state index < -0.39 is 0 Å². The number of ether oxygens (including phenoxy) is 1. The molecule has 104 valence electrons. The van der Waals surface area contributed by atoms with Crippen LogP contribution in [0.3, 0.4) is 0 Å². The second kappa shape index (κ2) is 5.78. The highest BCUT2D eigenvalue weighted by Gasteiger charge is 2.19. The highest BCUT2D eigenvalue weighted by Crippen LogP contribution is 2.29. The van der Waals surface area contributed by atoms with Gasteiger partial charge >= 0.3 is 0 Å². The van der Waals surface area contributed by atoms with Gasteiger partial charge < -0.3 is 15.0 Å². The number of nitrogens with zero attached hydrogens (tertiary/aromatic N) is 1. The Labute approximate surface area is 113 Å². The van der Waals surface area contributed by atoms with E-state index in [2.05, 4.69) is 10.2 Å². The molecule has 0 radical (unpaired) electrons. The summed E-state index contributed by atoms with van der Waals surface area (Å²) in [6.45, 7) is 4.28. The van der Waals surface area contributed by atoms with Crippen molar-refractivity contribution >= 4 is 5.69 Å². The van der Waals surface area contributed by atoms with Gasteiger partial charge in [0.05, 0.1) is 12.3 Å². The number of hydrogen-bond donors (Lipinski definition) is 1. The largest absolute Gasteiger partial charge is 0.493 e. The molecule has 19 heavy (non-hydrogen) atoms. The summed E-state index contributed by atoms with van der Waals surface area (Å²) in [5, 5.41) is 3.27. The molecule has 3 rings (SSSR count). The maximum absolute atomic E-state index is 14.1. The standard InChI is InChI=1S/C15H21FN2O/c16-14-10-13(19-11-12-2-1-3-12)4-5-15(14)18-8-6-17-7-9-18/h4-5,10,12,17H,1-3,6-9,11H2. The quantitative estimate of drug-likeness (QED) is 0.904. The van der Waals surface area contributed by atoms with E-state index in [-0.39, 0.29) is 5.82 Å². The minimum absolute atomic E-state index is 0.173. The van der Waals surface area contributed by atoms with Gasteiger partial charge in [-0.2, -0.15) is 0 Å². The summed E-state index contributed by atoms with van der Waals surface area (Å²) >= 11 is 0. The fraction of sp³-hybridized carbons (Fsp3) is 0.600. The summed E-state index contributed by atoms with van der Waals surface area (Å²) in [7, 11) is 0. The van der Waals surface area contributed by atoms with Crippen LogP contribution < -0.4 is 15.0 Å². The second-order valence-electron chi connectivity index (χ2n) is 5.46. The molecule has 4 heteroatoms. The van der Waals surface area contributed by atoms with Gasteiger partial charge in [-0.15, -0.1) is 0 Å². The molecule has 1 saturated heterocycles. The van der Waals surface area contributed by atoms with Crippen LogP contribution in [-0.4, -0.2) is 32.8 Å². The van der Waals surface area contributed by atoms with E-state index in [1.165, 1.54) is 25.3 Å². The van der Waals surface area contributed by atoms with Gasteiger partial charge in [0.1, 0.15) is 11.6 Å². The number of benzene rings is 1. The molecule has 1 saturated carbocycles. The molecule has 0 bridgehead atoms. The Morgan fingerprint density at radius 1 is 1.26 bits per heavy atom. The SMILES string of the molecule is Fc1cc(OCC2CCC2)ccc1N1CCNCC1. The number of piperazine rings is 1. The van der Waals surface area contributed by atoms with Crippen LogP contribution in [0.1, 0.15) is 19.3 Å². The number of nitrogens with one attached hydrogen (secondary N) is 1. The Hall–Kier alpha value is -1.29. The summed E-state index contributed by atoms with van der Waals surface area (Å²) in [6.07, 6.45) is 3.81. The summed E-state index contributed by atoms with van der Waals surface area (Å²) in [4.78, 5) is 2.08. The highest BCUT2D eigenvalue weighted by molar-refractivity contribution is 5.51. The van der Waals surface area contributed by atoms with Crippen molar-refractivity contribution in [3.8, 4) is 5.75 Å². The molecular weight excluding hydrogens is 243 g/mol. The van der Waals surface area contributed by atoms with E-state index in [0.29, 0.717) is 17.4 Å². The van der Waals surface area contributed by atoms with Crippen LogP contribution in [0.5, 0.6) is 5.75 Å². The average molecular weight is 264 g/mol. The molecular formula is C15H21FN2O. The van der Waals surface area contributed by atoms with Gasteiger partial charge in [0.2, 0.25) is 0 Å². The molecule has 3 nitrogen and oxygen atoms in total. The first kappa shape index (κ1) is 12.7. The van der Waals surface area contributed by atoms with E-state index in [0.717, 1.165) is 32.8 Å². The molecule has 1 aromatic rings. The van der Waals surface area contributed by atoms with E-state index >= 15 is 0 Å². The van der Waals surface area contributed by atoms with Crippen molar-refractivity contribution in [1.29, 1.82) is 0 Å². The lowest BCUT2D eigenvalue weighted by atomic mass is 9.86. The topological polar surface area (TPSA) is 24.5 Å². The molecule has 2 fully saturated rings. The Morgan fingerprint density at radius 3 is 2.68 bits per heavy atom. The molecule has 0 spiro atoms. The molecule has 0 atom stereocenters. The summed E-state index contributed by atoms with van der Waals surface area (Å²) in [5.41, 5.74) is 0.692. The van der Waals surface area contributed by atoms with Crippen molar-refractivity contribution in [2.45, 2.75) is 19.3 Å². The summed E-state index contributed by atoms with van der Waals surface area (Å²) < 4.78 is 19.8. The third-order valence-corrected chi connectivity index (χ3v) is 4.09. The lowest BCUT2D eigenvalue weighted by Gasteiger charge is -2.30. The van der Waals surface area contributed by atoms with Gasteiger partial charge in [0, 0.05) is 32.2 Å². The zero-order chi connectivity index (χ0) is 13.1. The zero-order valence-corrected chi connectivity index (χ0v) is 11.2. The number of anilines is 1. The first-order valence-corrected chi connectivity index (χ1v) is 7.21. The van der Waals surface area contributed by atoms with Gasteiger partial charge in [0.25, 0.3) is 0 Å². The average Bonchev–Trinajstić information content (AvgIpc) is 2.38. The highest BCUT2D eigenvalue weighted by atomic mass is 19.1. The van der Waals surface area contributed by atoms with Crippen LogP contribution >= 0.6 is 0 Å². The molecule has 0 amide bonds. The van der Waals surface area contributed by atoms with Gasteiger partial charge in [-0.25, -0.2) is 4.39 Å². The predicted octanol–water partition coefficient (Wildman–Crippen LogP) is 2.41.